The quantitative estimate of drug-likeness (QED) is 0.549. The molecule has 0 radical (unpaired) electrons. The zero-order chi connectivity index (χ0) is 7.90. The highest BCUT2D eigenvalue weighted by atomic mass is 16.3. The molecule has 0 bridgehead atoms. The lowest BCUT2D eigenvalue weighted by Crippen LogP contribution is -2.32. The van der Waals surface area contributed by atoms with E-state index in [-0.39, 0.29) is 6.61 Å². The summed E-state index contributed by atoms with van der Waals surface area (Å²) in [7, 11) is 0. The summed E-state index contributed by atoms with van der Waals surface area (Å²) in [6.45, 7) is 0.0347. The van der Waals surface area contributed by atoms with Crippen molar-refractivity contribution < 1.29 is 10.2 Å². The van der Waals surface area contributed by atoms with Gasteiger partial charge in [-0.1, -0.05) is 6.08 Å². The molecule has 1 saturated carbocycles. The van der Waals surface area contributed by atoms with E-state index in [1.807, 2.05) is 6.08 Å². The van der Waals surface area contributed by atoms with Crippen molar-refractivity contribution in [1.29, 1.82) is 0 Å². The minimum absolute atomic E-state index is 0.0347. The largest absolute Gasteiger partial charge is 0.392 e. The van der Waals surface area contributed by atoms with Crippen molar-refractivity contribution in [1.82, 2.24) is 0 Å². The summed E-state index contributed by atoms with van der Waals surface area (Å²) in [6.07, 6.45) is 6.05. The molecule has 2 aliphatic rings. The van der Waals surface area contributed by atoms with E-state index in [1.54, 1.807) is 0 Å². The van der Waals surface area contributed by atoms with Gasteiger partial charge in [0.05, 0.1) is 12.2 Å². The molecule has 0 aromatic heterocycles. The van der Waals surface area contributed by atoms with Gasteiger partial charge in [-0.05, 0) is 37.2 Å². The maximum Gasteiger partial charge on any atom is 0.0909 e. The molecule has 2 rings (SSSR count). The number of aliphatic hydroxyl groups is 2. The Morgan fingerprint density at radius 1 is 1.64 bits per heavy atom. The van der Waals surface area contributed by atoms with Crippen molar-refractivity contribution >= 4 is 0 Å². The average Bonchev–Trinajstić information content (AvgIpc) is 2.44. The fourth-order valence-electron chi connectivity index (χ4n) is 2.46. The molecule has 0 saturated heterocycles. The van der Waals surface area contributed by atoms with Gasteiger partial charge in [0, 0.05) is 0 Å². The first kappa shape index (κ1) is 7.32. The van der Waals surface area contributed by atoms with Crippen molar-refractivity contribution in [3.63, 3.8) is 0 Å². The molecule has 0 aliphatic heterocycles. The Hall–Kier alpha value is -0.340. The fourth-order valence-corrected chi connectivity index (χ4v) is 2.46. The van der Waals surface area contributed by atoms with Gasteiger partial charge in [0.25, 0.3) is 0 Å². The smallest absolute Gasteiger partial charge is 0.0909 e. The van der Waals surface area contributed by atoms with Crippen LogP contribution >= 0.6 is 0 Å². The van der Waals surface area contributed by atoms with E-state index in [9.17, 15) is 5.11 Å². The van der Waals surface area contributed by atoms with Crippen LogP contribution in [0.5, 0.6) is 0 Å². The van der Waals surface area contributed by atoms with Crippen molar-refractivity contribution in [2.75, 3.05) is 6.61 Å². The van der Waals surface area contributed by atoms with E-state index in [0.29, 0.717) is 5.92 Å². The second-order valence-electron chi connectivity index (χ2n) is 3.64. The fraction of sp³-hybridized carbons (Fsp3) is 0.778. The molecule has 2 N–H and O–H groups in total. The van der Waals surface area contributed by atoms with Gasteiger partial charge in [-0.2, -0.15) is 0 Å². The van der Waals surface area contributed by atoms with Crippen LogP contribution in [0.3, 0.4) is 0 Å². The molecule has 0 spiro atoms. The Morgan fingerprint density at radius 2 is 2.45 bits per heavy atom. The SMILES string of the molecule is OCC1=CCC2CCCC12O. The first-order valence-corrected chi connectivity index (χ1v) is 4.30. The number of allylic oxidation sites excluding steroid dienone is 1. The van der Waals surface area contributed by atoms with Crippen LogP contribution < -0.4 is 0 Å². The van der Waals surface area contributed by atoms with Gasteiger partial charge in [-0.3, -0.25) is 0 Å². The highest BCUT2D eigenvalue weighted by molar-refractivity contribution is 5.27. The van der Waals surface area contributed by atoms with Crippen molar-refractivity contribution in [2.24, 2.45) is 5.92 Å². The molecular weight excluding hydrogens is 140 g/mol. The molecule has 62 valence electrons. The molecule has 2 nitrogen and oxygen atoms in total. The van der Waals surface area contributed by atoms with Gasteiger partial charge < -0.3 is 10.2 Å². The van der Waals surface area contributed by atoms with E-state index >= 15 is 0 Å². The lowest BCUT2D eigenvalue weighted by Gasteiger charge is -2.25. The first-order valence-electron chi connectivity index (χ1n) is 4.30. The predicted molar refractivity (Wildman–Crippen MR) is 42.1 cm³/mol. The van der Waals surface area contributed by atoms with Crippen LogP contribution in [0.2, 0.25) is 0 Å². The third-order valence-corrected chi connectivity index (χ3v) is 3.16. The third kappa shape index (κ3) is 0.861. The van der Waals surface area contributed by atoms with Crippen LogP contribution in [0.4, 0.5) is 0 Å². The molecule has 0 amide bonds. The van der Waals surface area contributed by atoms with Crippen molar-refractivity contribution in [3.8, 4) is 0 Å². The van der Waals surface area contributed by atoms with Crippen LogP contribution in [-0.4, -0.2) is 22.4 Å². The van der Waals surface area contributed by atoms with Crippen molar-refractivity contribution in [2.45, 2.75) is 31.3 Å². The Kier molecular flexibility index (Phi) is 1.55. The van der Waals surface area contributed by atoms with E-state index in [0.717, 1.165) is 31.3 Å². The molecular formula is C9H14O2. The first-order chi connectivity index (χ1) is 5.27. The Morgan fingerprint density at radius 3 is 3.18 bits per heavy atom. The van der Waals surface area contributed by atoms with Gasteiger partial charge in [0.2, 0.25) is 0 Å². The van der Waals surface area contributed by atoms with Crippen LogP contribution in [0.15, 0.2) is 11.6 Å². The standard InChI is InChI=1S/C9H14O2/c10-6-8-4-3-7-2-1-5-9(7,8)11/h4,7,10-11H,1-3,5-6H2. The lowest BCUT2D eigenvalue weighted by molar-refractivity contribution is 0.0418. The molecule has 0 aromatic rings. The summed E-state index contributed by atoms with van der Waals surface area (Å²) in [5, 5.41) is 19.0. The van der Waals surface area contributed by atoms with E-state index in [2.05, 4.69) is 0 Å². The second-order valence-corrected chi connectivity index (χ2v) is 3.64. The number of aliphatic hydroxyl groups excluding tert-OH is 1. The molecule has 2 heteroatoms. The zero-order valence-corrected chi connectivity index (χ0v) is 6.58. The third-order valence-electron chi connectivity index (χ3n) is 3.16. The van der Waals surface area contributed by atoms with E-state index < -0.39 is 5.60 Å². The zero-order valence-electron chi connectivity index (χ0n) is 6.58. The summed E-state index contributed by atoms with van der Waals surface area (Å²) in [5.41, 5.74) is 0.245. The highest BCUT2D eigenvalue weighted by Gasteiger charge is 2.46. The van der Waals surface area contributed by atoms with Crippen molar-refractivity contribution in [3.05, 3.63) is 11.6 Å². The summed E-state index contributed by atoms with van der Waals surface area (Å²) in [6, 6.07) is 0. The topological polar surface area (TPSA) is 40.5 Å². The average molecular weight is 154 g/mol. The minimum Gasteiger partial charge on any atom is -0.392 e. The monoisotopic (exact) mass is 154 g/mol. The maximum atomic E-state index is 10.1. The second kappa shape index (κ2) is 2.32. The van der Waals surface area contributed by atoms with Gasteiger partial charge >= 0.3 is 0 Å². The Balaban J connectivity index is 2.25. The Bertz CT molecular complexity index is 198. The summed E-state index contributed by atoms with van der Waals surface area (Å²) in [5.74, 6) is 0.407. The Labute approximate surface area is 66.5 Å². The summed E-state index contributed by atoms with van der Waals surface area (Å²) < 4.78 is 0. The molecule has 0 heterocycles. The van der Waals surface area contributed by atoms with Crippen LogP contribution in [0.25, 0.3) is 0 Å². The lowest BCUT2D eigenvalue weighted by atomic mass is 9.89. The molecule has 2 atom stereocenters. The summed E-state index contributed by atoms with van der Waals surface area (Å²) in [4.78, 5) is 0. The number of rotatable bonds is 1. The maximum absolute atomic E-state index is 10.1. The predicted octanol–water partition coefficient (Wildman–Crippen LogP) is 0.840. The van der Waals surface area contributed by atoms with E-state index in [4.69, 9.17) is 5.11 Å². The van der Waals surface area contributed by atoms with Crippen LogP contribution in [0.1, 0.15) is 25.7 Å². The number of hydrogen-bond acceptors (Lipinski definition) is 2. The van der Waals surface area contributed by atoms with Gasteiger partial charge in [0.1, 0.15) is 0 Å². The van der Waals surface area contributed by atoms with E-state index in [1.165, 1.54) is 0 Å². The molecule has 2 aliphatic carbocycles. The van der Waals surface area contributed by atoms with Gasteiger partial charge in [0.15, 0.2) is 0 Å². The number of fused-ring (bicyclic) bond motifs is 1. The molecule has 2 unspecified atom stereocenters. The normalized spacial score (nSPS) is 42.4. The van der Waals surface area contributed by atoms with Gasteiger partial charge in [-0.25, -0.2) is 0 Å². The number of hydrogen-bond donors (Lipinski definition) is 2. The molecule has 1 fully saturated rings. The van der Waals surface area contributed by atoms with Crippen LogP contribution in [0, 0.1) is 5.92 Å². The molecule has 11 heavy (non-hydrogen) atoms. The molecule has 0 aromatic carbocycles. The highest BCUT2D eigenvalue weighted by Crippen LogP contribution is 2.47. The van der Waals surface area contributed by atoms with Gasteiger partial charge in [-0.15, -0.1) is 0 Å². The summed E-state index contributed by atoms with van der Waals surface area (Å²) >= 11 is 0. The minimum atomic E-state index is -0.616. The van der Waals surface area contributed by atoms with Crippen LogP contribution in [-0.2, 0) is 0 Å².